The fourth-order valence-electron chi connectivity index (χ4n) is 4.88. The van der Waals surface area contributed by atoms with Gasteiger partial charge in [0, 0.05) is 13.1 Å². The third kappa shape index (κ3) is 2.32. The molecule has 3 aliphatic rings. The molecule has 0 unspecified atom stereocenters. The summed E-state index contributed by atoms with van der Waals surface area (Å²) in [7, 11) is 0. The van der Waals surface area contributed by atoms with Crippen molar-refractivity contribution in [1.82, 2.24) is 10.0 Å². The average molecular weight is 361 g/mol. The predicted octanol–water partition coefficient (Wildman–Crippen LogP) is 2.84. The largest absolute Gasteiger partial charge is 0.274 e. The van der Waals surface area contributed by atoms with Gasteiger partial charge >= 0.3 is 0 Å². The van der Waals surface area contributed by atoms with Crippen LogP contribution in [0.15, 0.2) is 48.5 Å². The van der Waals surface area contributed by atoms with E-state index < -0.39 is 0 Å². The molecule has 3 heterocycles. The number of anilines is 1. The second kappa shape index (κ2) is 6.01. The van der Waals surface area contributed by atoms with Gasteiger partial charge in [-0.15, -0.1) is 0 Å². The highest BCUT2D eigenvalue weighted by Crippen LogP contribution is 2.48. The summed E-state index contributed by atoms with van der Waals surface area (Å²) in [5, 5.41) is 4.39. The molecular formula is C22H23N3O2. The zero-order valence-electron chi connectivity index (χ0n) is 15.6. The first kappa shape index (κ1) is 16.7. The number of hydrogen-bond acceptors (Lipinski definition) is 4. The molecule has 5 rings (SSSR count). The van der Waals surface area contributed by atoms with Crippen molar-refractivity contribution in [3.05, 3.63) is 65.2 Å². The second-order valence-corrected chi connectivity index (χ2v) is 7.79. The van der Waals surface area contributed by atoms with Crippen LogP contribution >= 0.6 is 0 Å². The highest BCUT2D eigenvalue weighted by molar-refractivity contribution is 6.24. The molecule has 3 aliphatic heterocycles. The van der Waals surface area contributed by atoms with Gasteiger partial charge in [0.05, 0.1) is 17.6 Å². The van der Waals surface area contributed by atoms with Crippen molar-refractivity contribution >= 4 is 17.5 Å². The van der Waals surface area contributed by atoms with Gasteiger partial charge in [-0.3, -0.25) is 9.59 Å². The number of benzene rings is 2. The SMILES string of the molecule is Cc1ccc(N2C(=O)[C@H]3[C@@H](C2=O)N2CCCN2[C@@H]3c2ccccc2)cc1C. The topological polar surface area (TPSA) is 43.9 Å². The van der Waals surface area contributed by atoms with Crippen molar-refractivity contribution in [3.63, 3.8) is 0 Å². The monoisotopic (exact) mass is 361 g/mol. The van der Waals surface area contributed by atoms with E-state index in [1.54, 1.807) is 0 Å². The molecule has 0 radical (unpaired) electrons. The maximum absolute atomic E-state index is 13.5. The van der Waals surface area contributed by atoms with Crippen LogP contribution in [0.2, 0.25) is 0 Å². The maximum Gasteiger partial charge on any atom is 0.253 e. The summed E-state index contributed by atoms with van der Waals surface area (Å²) in [6.45, 7) is 5.79. The van der Waals surface area contributed by atoms with Gasteiger partial charge in [0.25, 0.3) is 5.91 Å². The molecule has 0 N–H and O–H groups in total. The normalized spacial score (nSPS) is 28.1. The fourth-order valence-corrected chi connectivity index (χ4v) is 4.88. The van der Waals surface area contributed by atoms with E-state index in [0.29, 0.717) is 5.69 Å². The van der Waals surface area contributed by atoms with Crippen molar-refractivity contribution in [2.45, 2.75) is 32.4 Å². The van der Waals surface area contributed by atoms with Crippen molar-refractivity contribution in [2.24, 2.45) is 5.92 Å². The van der Waals surface area contributed by atoms with Gasteiger partial charge in [0.15, 0.2) is 0 Å². The van der Waals surface area contributed by atoms with Crippen molar-refractivity contribution in [2.75, 3.05) is 18.0 Å². The summed E-state index contributed by atoms with van der Waals surface area (Å²) < 4.78 is 0. The number of hydrazine groups is 1. The number of aryl methyl sites for hydroxylation is 2. The van der Waals surface area contributed by atoms with Gasteiger partial charge in [0.2, 0.25) is 5.91 Å². The van der Waals surface area contributed by atoms with Crippen molar-refractivity contribution in [1.29, 1.82) is 0 Å². The predicted molar refractivity (Wildman–Crippen MR) is 103 cm³/mol. The standard InChI is InChI=1S/C22H23N3O2/c1-14-9-10-17(13-15(14)2)25-21(26)18-19(16-7-4-3-5-8-16)23-11-6-12-24(23)20(18)22(25)27/h3-5,7-10,13,18-20H,6,11-12H2,1-2H3/t18-,19-,20+/m1/s1. The molecule has 2 aromatic carbocycles. The molecule has 3 saturated heterocycles. The van der Waals surface area contributed by atoms with E-state index in [1.165, 1.54) is 4.90 Å². The summed E-state index contributed by atoms with van der Waals surface area (Å²) in [4.78, 5) is 28.2. The zero-order valence-corrected chi connectivity index (χ0v) is 15.6. The molecule has 3 atom stereocenters. The van der Waals surface area contributed by atoms with Gasteiger partial charge in [-0.1, -0.05) is 36.4 Å². The highest BCUT2D eigenvalue weighted by atomic mass is 16.2. The Kier molecular flexibility index (Phi) is 3.71. The highest BCUT2D eigenvalue weighted by Gasteiger charge is 2.62. The number of nitrogens with zero attached hydrogens (tertiary/aromatic N) is 3. The van der Waals surface area contributed by atoms with Crippen LogP contribution < -0.4 is 4.90 Å². The van der Waals surface area contributed by atoms with Gasteiger partial charge in [0.1, 0.15) is 6.04 Å². The lowest BCUT2D eigenvalue weighted by Crippen LogP contribution is -2.44. The van der Waals surface area contributed by atoms with Crippen LogP contribution in [-0.2, 0) is 9.59 Å². The lowest BCUT2D eigenvalue weighted by atomic mass is 9.90. The Morgan fingerprint density at radius 3 is 2.22 bits per heavy atom. The van der Waals surface area contributed by atoms with Crippen LogP contribution in [0.4, 0.5) is 5.69 Å². The van der Waals surface area contributed by atoms with Crippen LogP contribution in [-0.4, -0.2) is 41.0 Å². The molecule has 0 spiro atoms. The number of amides is 2. The molecule has 27 heavy (non-hydrogen) atoms. The molecular weight excluding hydrogens is 338 g/mol. The van der Waals surface area contributed by atoms with E-state index in [4.69, 9.17) is 0 Å². The first-order valence-electron chi connectivity index (χ1n) is 9.61. The Bertz CT molecular complexity index is 926. The van der Waals surface area contributed by atoms with Gasteiger partial charge in [-0.05, 0) is 49.1 Å². The third-order valence-corrected chi connectivity index (χ3v) is 6.30. The van der Waals surface area contributed by atoms with E-state index in [2.05, 4.69) is 22.2 Å². The Balaban J connectivity index is 1.59. The van der Waals surface area contributed by atoms with Crippen LogP contribution in [0.25, 0.3) is 0 Å². The molecule has 2 amide bonds. The van der Waals surface area contributed by atoms with Gasteiger partial charge in [-0.2, -0.15) is 0 Å². The third-order valence-electron chi connectivity index (χ3n) is 6.30. The van der Waals surface area contributed by atoms with Crippen molar-refractivity contribution in [3.8, 4) is 0 Å². The minimum atomic E-state index is -0.383. The van der Waals surface area contributed by atoms with Crippen LogP contribution in [0.1, 0.15) is 29.2 Å². The number of hydrogen-bond donors (Lipinski definition) is 0. The van der Waals surface area contributed by atoms with Gasteiger partial charge < -0.3 is 0 Å². The second-order valence-electron chi connectivity index (χ2n) is 7.79. The van der Waals surface area contributed by atoms with Crippen LogP contribution in [0.3, 0.4) is 0 Å². The average Bonchev–Trinajstić information content (AvgIpc) is 3.31. The first-order valence-corrected chi connectivity index (χ1v) is 9.61. The molecule has 5 heteroatoms. The summed E-state index contributed by atoms with van der Waals surface area (Å²) in [5.41, 5.74) is 4.05. The fraction of sp³-hybridized carbons (Fsp3) is 0.364. The Morgan fingerprint density at radius 1 is 0.815 bits per heavy atom. The maximum atomic E-state index is 13.5. The minimum Gasteiger partial charge on any atom is -0.274 e. The van der Waals surface area contributed by atoms with Crippen LogP contribution in [0, 0.1) is 19.8 Å². The Labute approximate surface area is 159 Å². The molecule has 0 saturated carbocycles. The van der Waals surface area contributed by atoms with Crippen LogP contribution in [0.5, 0.6) is 0 Å². The minimum absolute atomic E-state index is 0.0632. The molecule has 3 fully saturated rings. The lowest BCUT2D eigenvalue weighted by Gasteiger charge is -2.29. The number of carbonyl (C=O) groups is 2. The Morgan fingerprint density at radius 2 is 1.52 bits per heavy atom. The summed E-state index contributed by atoms with van der Waals surface area (Å²) >= 11 is 0. The summed E-state index contributed by atoms with van der Waals surface area (Å²) in [5.74, 6) is -0.503. The number of imide groups is 1. The quantitative estimate of drug-likeness (QED) is 0.772. The van der Waals surface area contributed by atoms with E-state index in [-0.39, 0.29) is 29.8 Å². The summed E-state index contributed by atoms with van der Waals surface area (Å²) in [6.07, 6.45) is 1.03. The first-order chi connectivity index (χ1) is 13.1. The van der Waals surface area contributed by atoms with E-state index >= 15 is 0 Å². The number of rotatable bonds is 2. The molecule has 0 aromatic heterocycles. The zero-order chi connectivity index (χ0) is 18.7. The van der Waals surface area contributed by atoms with E-state index in [9.17, 15) is 9.59 Å². The van der Waals surface area contributed by atoms with E-state index in [0.717, 1.165) is 36.2 Å². The van der Waals surface area contributed by atoms with E-state index in [1.807, 2.05) is 50.2 Å². The smallest absolute Gasteiger partial charge is 0.253 e. The lowest BCUT2D eigenvalue weighted by molar-refractivity contribution is -0.126. The van der Waals surface area contributed by atoms with Gasteiger partial charge in [-0.25, -0.2) is 14.9 Å². The number of fused-ring (bicyclic) bond motifs is 3. The molecule has 138 valence electrons. The number of carbonyl (C=O) groups excluding carboxylic acids is 2. The molecule has 0 aliphatic carbocycles. The molecule has 0 bridgehead atoms. The van der Waals surface area contributed by atoms with Crippen molar-refractivity contribution < 1.29 is 9.59 Å². The molecule has 5 nitrogen and oxygen atoms in total. The Hall–Kier alpha value is -2.50. The summed E-state index contributed by atoms with van der Waals surface area (Å²) in [6, 6.07) is 15.5. The molecule has 2 aromatic rings.